The predicted octanol–water partition coefficient (Wildman–Crippen LogP) is 2.68. The molecule has 0 saturated heterocycles. The lowest BCUT2D eigenvalue weighted by molar-refractivity contribution is -0.148. The smallest absolute Gasteiger partial charge is 0.331 e. The highest BCUT2D eigenvalue weighted by atomic mass is 16.6. The summed E-state index contributed by atoms with van der Waals surface area (Å²) in [5.74, 6) is -0.883. The minimum Gasteiger partial charge on any atom is -0.496 e. The molecule has 0 aliphatic carbocycles. The van der Waals surface area contributed by atoms with E-state index >= 15 is 0 Å². The van der Waals surface area contributed by atoms with Gasteiger partial charge in [-0.2, -0.15) is 0 Å². The molecule has 0 spiro atoms. The zero-order chi connectivity index (χ0) is 16.0. The summed E-state index contributed by atoms with van der Waals surface area (Å²) in [5.41, 5.74) is 0.713. The maximum atomic E-state index is 11.6. The lowest BCUT2D eigenvalue weighted by atomic mass is 10.1. The van der Waals surface area contributed by atoms with Crippen molar-refractivity contribution in [3.05, 3.63) is 35.4 Å². The highest BCUT2D eigenvalue weighted by Crippen LogP contribution is 2.21. The van der Waals surface area contributed by atoms with Crippen molar-refractivity contribution in [2.24, 2.45) is 0 Å². The molecule has 114 valence electrons. The third kappa shape index (κ3) is 6.12. The van der Waals surface area contributed by atoms with E-state index in [1.54, 1.807) is 45.0 Å². The molecule has 0 radical (unpaired) electrons. The molecule has 0 heterocycles. The quantitative estimate of drug-likeness (QED) is 0.667. The van der Waals surface area contributed by atoms with Crippen LogP contribution in [0.4, 0.5) is 0 Å². The number of carboxylic acids is 1. The molecule has 0 saturated carbocycles. The summed E-state index contributed by atoms with van der Waals surface area (Å²) in [6.45, 7) is 5.37. The van der Waals surface area contributed by atoms with E-state index in [0.29, 0.717) is 16.9 Å². The second kappa shape index (κ2) is 6.92. The summed E-state index contributed by atoms with van der Waals surface area (Å²) in [7, 11) is 1.48. The van der Waals surface area contributed by atoms with Crippen LogP contribution in [-0.2, 0) is 20.7 Å². The largest absolute Gasteiger partial charge is 0.496 e. The standard InChI is InChI=1S/C16H20O5/c1-16(2,3)21-15(19)8-6-11-5-7-13(20-4)12(9-11)10-14(17)18/h5-9H,10H2,1-4H3,(H,17,18)/b8-6-. The van der Waals surface area contributed by atoms with Gasteiger partial charge in [-0.1, -0.05) is 6.07 Å². The highest BCUT2D eigenvalue weighted by molar-refractivity contribution is 5.87. The first kappa shape index (κ1) is 16.8. The van der Waals surface area contributed by atoms with Crippen LogP contribution in [0.25, 0.3) is 6.08 Å². The maximum Gasteiger partial charge on any atom is 0.331 e. The van der Waals surface area contributed by atoms with Crippen molar-refractivity contribution in [2.45, 2.75) is 32.8 Å². The van der Waals surface area contributed by atoms with Crippen molar-refractivity contribution in [1.82, 2.24) is 0 Å². The zero-order valence-corrected chi connectivity index (χ0v) is 12.7. The predicted molar refractivity (Wildman–Crippen MR) is 79.2 cm³/mol. The van der Waals surface area contributed by atoms with Gasteiger partial charge in [0.2, 0.25) is 0 Å². The maximum absolute atomic E-state index is 11.6. The van der Waals surface area contributed by atoms with Gasteiger partial charge in [-0.3, -0.25) is 4.79 Å². The van der Waals surface area contributed by atoms with E-state index in [2.05, 4.69) is 0 Å². The molecule has 0 aromatic heterocycles. The Bertz CT molecular complexity index is 552. The van der Waals surface area contributed by atoms with Crippen LogP contribution < -0.4 is 4.74 Å². The van der Waals surface area contributed by atoms with E-state index in [1.807, 2.05) is 0 Å². The van der Waals surface area contributed by atoms with Gasteiger partial charge in [0.25, 0.3) is 0 Å². The monoisotopic (exact) mass is 292 g/mol. The molecule has 0 bridgehead atoms. The Labute approximate surface area is 124 Å². The molecule has 21 heavy (non-hydrogen) atoms. The SMILES string of the molecule is COc1ccc(/C=C\C(=O)OC(C)(C)C)cc1CC(=O)O. The van der Waals surface area contributed by atoms with E-state index in [9.17, 15) is 9.59 Å². The summed E-state index contributed by atoms with van der Waals surface area (Å²) in [4.78, 5) is 22.4. The molecule has 1 aromatic rings. The number of aliphatic carboxylic acids is 1. The first-order chi connectivity index (χ1) is 9.71. The number of esters is 1. The van der Waals surface area contributed by atoms with Crippen molar-refractivity contribution < 1.29 is 24.2 Å². The molecular weight excluding hydrogens is 272 g/mol. The van der Waals surface area contributed by atoms with Crippen LogP contribution in [0.2, 0.25) is 0 Å². The van der Waals surface area contributed by atoms with Crippen molar-refractivity contribution in [3.63, 3.8) is 0 Å². The fourth-order valence-corrected chi connectivity index (χ4v) is 1.70. The van der Waals surface area contributed by atoms with Crippen molar-refractivity contribution >= 4 is 18.0 Å². The van der Waals surface area contributed by atoms with Gasteiger partial charge in [0.15, 0.2) is 0 Å². The Morgan fingerprint density at radius 3 is 2.48 bits per heavy atom. The van der Waals surface area contributed by atoms with Gasteiger partial charge in [-0.25, -0.2) is 4.79 Å². The van der Waals surface area contributed by atoms with Gasteiger partial charge in [0.1, 0.15) is 11.4 Å². The van der Waals surface area contributed by atoms with E-state index in [-0.39, 0.29) is 6.42 Å². The van der Waals surface area contributed by atoms with Crippen LogP contribution in [0.5, 0.6) is 5.75 Å². The van der Waals surface area contributed by atoms with Crippen LogP contribution in [0.1, 0.15) is 31.9 Å². The summed E-state index contributed by atoms with van der Waals surface area (Å²) in [6.07, 6.45) is 2.76. The van der Waals surface area contributed by atoms with Gasteiger partial charge in [-0.15, -0.1) is 0 Å². The van der Waals surface area contributed by atoms with E-state index in [4.69, 9.17) is 14.6 Å². The minimum atomic E-state index is -0.943. The number of carboxylic acid groups (broad SMARTS) is 1. The molecule has 1 N–H and O–H groups in total. The average molecular weight is 292 g/mol. The number of hydrogen-bond donors (Lipinski definition) is 1. The Morgan fingerprint density at radius 2 is 1.95 bits per heavy atom. The van der Waals surface area contributed by atoms with Gasteiger partial charge < -0.3 is 14.6 Å². The number of rotatable bonds is 5. The Hall–Kier alpha value is -2.30. The molecule has 0 aliphatic heterocycles. The van der Waals surface area contributed by atoms with E-state index in [1.165, 1.54) is 13.2 Å². The third-order valence-electron chi connectivity index (χ3n) is 2.46. The second-order valence-electron chi connectivity index (χ2n) is 5.51. The summed E-state index contributed by atoms with van der Waals surface area (Å²) < 4.78 is 10.3. The van der Waals surface area contributed by atoms with Crippen molar-refractivity contribution in [2.75, 3.05) is 7.11 Å². The van der Waals surface area contributed by atoms with Crippen molar-refractivity contribution in [1.29, 1.82) is 0 Å². The molecule has 5 nitrogen and oxygen atoms in total. The lowest BCUT2D eigenvalue weighted by Crippen LogP contribution is -2.22. The van der Waals surface area contributed by atoms with Crippen molar-refractivity contribution in [3.8, 4) is 5.75 Å². The Kier molecular flexibility index (Phi) is 5.52. The Balaban J connectivity index is 2.89. The van der Waals surface area contributed by atoms with Gasteiger partial charge in [0.05, 0.1) is 13.5 Å². The minimum absolute atomic E-state index is 0.142. The van der Waals surface area contributed by atoms with Crippen LogP contribution in [0.15, 0.2) is 24.3 Å². The number of benzene rings is 1. The molecule has 5 heteroatoms. The molecule has 0 fully saturated rings. The molecule has 0 amide bonds. The van der Waals surface area contributed by atoms with Crippen LogP contribution in [0.3, 0.4) is 0 Å². The number of ether oxygens (including phenoxy) is 2. The lowest BCUT2D eigenvalue weighted by Gasteiger charge is -2.17. The normalized spacial score (nSPS) is 11.4. The number of carbonyl (C=O) groups is 2. The summed E-state index contributed by atoms with van der Waals surface area (Å²) >= 11 is 0. The fourth-order valence-electron chi connectivity index (χ4n) is 1.70. The van der Waals surface area contributed by atoms with Crippen LogP contribution >= 0.6 is 0 Å². The van der Waals surface area contributed by atoms with Gasteiger partial charge in [0, 0.05) is 11.6 Å². The highest BCUT2D eigenvalue weighted by Gasteiger charge is 2.14. The summed E-state index contributed by atoms with van der Waals surface area (Å²) in [6, 6.07) is 5.09. The van der Waals surface area contributed by atoms with Gasteiger partial charge in [-0.05, 0) is 44.5 Å². The first-order valence-electron chi connectivity index (χ1n) is 6.51. The van der Waals surface area contributed by atoms with Crippen LogP contribution in [0, 0.1) is 0 Å². The van der Waals surface area contributed by atoms with Crippen LogP contribution in [-0.4, -0.2) is 29.8 Å². The number of carbonyl (C=O) groups excluding carboxylic acids is 1. The molecular formula is C16H20O5. The van der Waals surface area contributed by atoms with Gasteiger partial charge >= 0.3 is 11.9 Å². The molecule has 0 atom stereocenters. The number of hydrogen-bond acceptors (Lipinski definition) is 4. The van der Waals surface area contributed by atoms with E-state index < -0.39 is 17.5 Å². The van der Waals surface area contributed by atoms with E-state index in [0.717, 1.165) is 0 Å². The molecule has 0 aliphatic rings. The average Bonchev–Trinajstić information content (AvgIpc) is 2.34. The third-order valence-corrected chi connectivity index (χ3v) is 2.46. The first-order valence-corrected chi connectivity index (χ1v) is 6.51. The topological polar surface area (TPSA) is 72.8 Å². The zero-order valence-electron chi connectivity index (χ0n) is 12.7. The molecule has 0 unspecified atom stereocenters. The Morgan fingerprint density at radius 1 is 1.29 bits per heavy atom. The summed E-state index contributed by atoms with van der Waals surface area (Å²) in [5, 5.41) is 8.88. The molecule has 1 rings (SSSR count). The number of methoxy groups -OCH3 is 1. The fraction of sp³-hybridized carbons (Fsp3) is 0.375. The molecule has 1 aromatic carbocycles. The second-order valence-corrected chi connectivity index (χ2v) is 5.51.